The maximum atomic E-state index is 11.3. The van der Waals surface area contributed by atoms with Gasteiger partial charge >= 0.3 is 13.1 Å². The molecule has 1 unspecified atom stereocenters. The van der Waals surface area contributed by atoms with Crippen LogP contribution in [-0.4, -0.2) is 42.2 Å². The molecule has 0 aromatic heterocycles. The highest BCUT2D eigenvalue weighted by Crippen LogP contribution is 2.36. The molecular formula is C12H14BNO6. The van der Waals surface area contributed by atoms with Gasteiger partial charge in [-0.2, -0.15) is 0 Å². The number of benzene rings is 1. The lowest BCUT2D eigenvalue weighted by atomic mass is 9.72. The number of carbonyl (C=O) groups excluding carboxylic acids is 1. The maximum absolute atomic E-state index is 11.3. The molecule has 1 aliphatic heterocycles. The predicted molar refractivity (Wildman–Crippen MR) is 69.9 cm³/mol. The second-order valence-corrected chi connectivity index (χ2v) is 4.46. The Morgan fingerprint density at radius 1 is 1.50 bits per heavy atom. The van der Waals surface area contributed by atoms with Gasteiger partial charge in [-0.1, -0.05) is 6.07 Å². The van der Waals surface area contributed by atoms with E-state index in [1.165, 1.54) is 20.1 Å². The first-order chi connectivity index (χ1) is 9.43. The number of carboxylic acids is 1. The van der Waals surface area contributed by atoms with E-state index in [1.807, 2.05) is 0 Å². The van der Waals surface area contributed by atoms with Crippen LogP contribution in [0.3, 0.4) is 0 Å². The van der Waals surface area contributed by atoms with Crippen molar-refractivity contribution in [2.24, 2.45) is 0 Å². The minimum Gasteiger partial charge on any atom is -0.534 e. The molecule has 1 atom stereocenters. The number of carbonyl (C=O) groups is 2. The number of aromatic carboxylic acids is 1. The third kappa shape index (κ3) is 2.55. The number of fused-ring (bicyclic) bond motifs is 1. The monoisotopic (exact) mass is 279 g/mol. The second-order valence-electron chi connectivity index (χ2n) is 4.46. The first kappa shape index (κ1) is 14.2. The standard InChI is InChI=1S/C12H14BNO6/c1-6(15)14-9-5-7-3-4-8(19-2)10(12(16)17)11(7)20-13(9)18/h3-4,9,18H,5H2,1-2H3,(H,14,15)(H,16,17). The number of nitrogens with one attached hydrogen (secondary N) is 1. The normalized spacial score (nSPS) is 16.9. The van der Waals surface area contributed by atoms with Crippen LogP contribution in [0.25, 0.3) is 0 Å². The molecule has 0 spiro atoms. The first-order valence-electron chi connectivity index (χ1n) is 5.99. The predicted octanol–water partition coefficient (Wildman–Crippen LogP) is -0.147. The highest BCUT2D eigenvalue weighted by molar-refractivity contribution is 6.47. The fraction of sp³-hybridized carbons (Fsp3) is 0.333. The third-order valence-corrected chi connectivity index (χ3v) is 3.05. The lowest BCUT2D eigenvalue weighted by Crippen LogP contribution is -2.52. The molecule has 0 radical (unpaired) electrons. The fourth-order valence-electron chi connectivity index (χ4n) is 2.20. The molecule has 20 heavy (non-hydrogen) atoms. The highest BCUT2D eigenvalue weighted by atomic mass is 16.5. The average Bonchev–Trinajstić information content (AvgIpc) is 2.37. The van der Waals surface area contributed by atoms with E-state index in [9.17, 15) is 19.7 Å². The molecule has 7 nitrogen and oxygen atoms in total. The molecule has 2 rings (SSSR count). The van der Waals surface area contributed by atoms with Crippen LogP contribution in [0.4, 0.5) is 0 Å². The van der Waals surface area contributed by atoms with Crippen molar-refractivity contribution in [3.8, 4) is 11.5 Å². The molecular weight excluding hydrogens is 265 g/mol. The maximum Gasteiger partial charge on any atom is 0.547 e. The van der Waals surface area contributed by atoms with Crippen LogP contribution < -0.4 is 14.7 Å². The van der Waals surface area contributed by atoms with Crippen molar-refractivity contribution in [1.82, 2.24) is 5.32 Å². The van der Waals surface area contributed by atoms with E-state index in [-0.39, 0.29) is 29.4 Å². The molecule has 1 aromatic rings. The minimum absolute atomic E-state index is 0.0750. The summed E-state index contributed by atoms with van der Waals surface area (Å²) in [6.07, 6.45) is 0.278. The quantitative estimate of drug-likeness (QED) is 0.665. The molecule has 0 aliphatic carbocycles. The van der Waals surface area contributed by atoms with Gasteiger partial charge in [-0.05, 0) is 18.1 Å². The molecule has 0 saturated carbocycles. The van der Waals surface area contributed by atoms with Gasteiger partial charge in [0.05, 0.1) is 13.1 Å². The van der Waals surface area contributed by atoms with Gasteiger partial charge in [0.1, 0.15) is 17.1 Å². The van der Waals surface area contributed by atoms with E-state index in [0.717, 1.165) is 0 Å². The molecule has 0 fully saturated rings. The number of hydrogen-bond acceptors (Lipinski definition) is 5. The third-order valence-electron chi connectivity index (χ3n) is 3.05. The molecule has 1 amide bonds. The number of amides is 1. The zero-order valence-corrected chi connectivity index (χ0v) is 11.0. The van der Waals surface area contributed by atoms with Gasteiger partial charge in [0.15, 0.2) is 0 Å². The van der Waals surface area contributed by atoms with Gasteiger partial charge < -0.3 is 24.8 Å². The van der Waals surface area contributed by atoms with Crippen molar-refractivity contribution in [2.75, 3.05) is 7.11 Å². The molecule has 8 heteroatoms. The van der Waals surface area contributed by atoms with E-state index in [2.05, 4.69) is 5.32 Å². The summed E-state index contributed by atoms with van der Waals surface area (Å²) in [5.41, 5.74) is 0.456. The molecule has 3 N–H and O–H groups in total. The Labute approximate surface area is 115 Å². The van der Waals surface area contributed by atoms with Crippen molar-refractivity contribution in [2.45, 2.75) is 19.3 Å². The van der Waals surface area contributed by atoms with E-state index >= 15 is 0 Å². The summed E-state index contributed by atoms with van der Waals surface area (Å²) >= 11 is 0. The van der Waals surface area contributed by atoms with Crippen LogP contribution in [0, 0.1) is 0 Å². The number of carboxylic acid groups (broad SMARTS) is 1. The first-order valence-corrected chi connectivity index (χ1v) is 5.99. The molecule has 1 aromatic carbocycles. The minimum atomic E-state index is -1.31. The van der Waals surface area contributed by atoms with Crippen LogP contribution in [0.2, 0.25) is 0 Å². The van der Waals surface area contributed by atoms with Gasteiger partial charge in [-0.25, -0.2) is 4.79 Å². The van der Waals surface area contributed by atoms with Gasteiger partial charge in [0.2, 0.25) is 5.91 Å². The average molecular weight is 279 g/mol. The lowest BCUT2D eigenvalue weighted by Gasteiger charge is -2.29. The van der Waals surface area contributed by atoms with Crippen molar-refractivity contribution in [3.05, 3.63) is 23.3 Å². The Morgan fingerprint density at radius 2 is 2.20 bits per heavy atom. The topological polar surface area (TPSA) is 105 Å². The van der Waals surface area contributed by atoms with Gasteiger partial charge in [0.25, 0.3) is 0 Å². The molecule has 1 heterocycles. The Hall–Kier alpha value is -2.22. The summed E-state index contributed by atoms with van der Waals surface area (Å²) in [6, 6.07) is 3.18. The smallest absolute Gasteiger partial charge is 0.534 e. The summed E-state index contributed by atoms with van der Waals surface area (Å²) in [7, 11) is 0.0460. The summed E-state index contributed by atoms with van der Waals surface area (Å²) in [5, 5.41) is 21.7. The molecule has 1 aliphatic rings. The van der Waals surface area contributed by atoms with E-state index in [0.29, 0.717) is 5.56 Å². The number of rotatable bonds is 3. The lowest BCUT2D eigenvalue weighted by molar-refractivity contribution is -0.119. The Balaban J connectivity index is 2.42. The van der Waals surface area contributed by atoms with E-state index < -0.39 is 19.0 Å². The van der Waals surface area contributed by atoms with E-state index in [4.69, 9.17) is 9.39 Å². The fourth-order valence-corrected chi connectivity index (χ4v) is 2.20. The van der Waals surface area contributed by atoms with Crippen molar-refractivity contribution in [3.63, 3.8) is 0 Å². The largest absolute Gasteiger partial charge is 0.547 e. The van der Waals surface area contributed by atoms with Gasteiger partial charge in [-0.15, -0.1) is 0 Å². The Kier molecular flexibility index (Phi) is 3.85. The summed E-state index contributed by atoms with van der Waals surface area (Å²) in [4.78, 5) is 22.4. The zero-order valence-electron chi connectivity index (χ0n) is 11.0. The highest BCUT2D eigenvalue weighted by Gasteiger charge is 2.38. The number of methoxy groups -OCH3 is 1. The zero-order chi connectivity index (χ0) is 14.9. The summed E-state index contributed by atoms with van der Waals surface area (Å²) in [6.45, 7) is 1.33. The second kappa shape index (κ2) is 5.42. The summed E-state index contributed by atoms with van der Waals surface area (Å²) in [5.74, 6) is -1.89. The van der Waals surface area contributed by atoms with Crippen LogP contribution in [0.5, 0.6) is 11.5 Å². The number of ether oxygens (including phenoxy) is 1. The van der Waals surface area contributed by atoms with Crippen molar-refractivity contribution < 1.29 is 29.1 Å². The van der Waals surface area contributed by atoms with Gasteiger partial charge in [0, 0.05) is 6.92 Å². The van der Waals surface area contributed by atoms with Gasteiger partial charge in [-0.3, -0.25) is 4.79 Å². The molecule has 0 bridgehead atoms. The van der Waals surface area contributed by atoms with Crippen LogP contribution >= 0.6 is 0 Å². The van der Waals surface area contributed by atoms with Crippen LogP contribution in [-0.2, 0) is 11.2 Å². The SMILES string of the molecule is COc1ccc2c(c1C(=O)O)OB(O)C(NC(C)=O)C2. The Morgan fingerprint density at radius 3 is 2.75 bits per heavy atom. The van der Waals surface area contributed by atoms with Crippen molar-refractivity contribution >= 4 is 19.0 Å². The number of hydrogen-bond donors (Lipinski definition) is 3. The summed E-state index contributed by atoms with van der Waals surface area (Å²) < 4.78 is 10.2. The molecule has 0 saturated heterocycles. The van der Waals surface area contributed by atoms with E-state index in [1.54, 1.807) is 6.07 Å². The Bertz CT molecular complexity index is 561. The van der Waals surface area contributed by atoms with Crippen molar-refractivity contribution in [1.29, 1.82) is 0 Å². The molecule has 106 valence electrons. The van der Waals surface area contributed by atoms with Crippen LogP contribution in [0.15, 0.2) is 12.1 Å². The van der Waals surface area contributed by atoms with Crippen LogP contribution in [0.1, 0.15) is 22.8 Å².